The molecule has 2 aromatic rings. The molecule has 31 heavy (non-hydrogen) atoms. The van der Waals surface area contributed by atoms with E-state index in [1.54, 1.807) is 0 Å². The van der Waals surface area contributed by atoms with Crippen LogP contribution in [0.4, 0.5) is 0 Å². The molecule has 0 atom stereocenters. The molecule has 2 aliphatic carbocycles. The number of nitrogens with zero attached hydrogens (tertiary/aromatic N) is 1. The maximum Gasteiger partial charge on any atom is 0.231 e. The van der Waals surface area contributed by atoms with Crippen molar-refractivity contribution in [3.05, 3.63) is 47.5 Å². The highest BCUT2D eigenvalue weighted by atomic mass is 16.7. The largest absolute Gasteiger partial charge is 0.454 e. The van der Waals surface area contributed by atoms with Crippen molar-refractivity contribution in [3.63, 3.8) is 0 Å². The lowest BCUT2D eigenvalue weighted by atomic mass is 9.64. The number of benzene rings is 2. The fraction of sp³-hybridized carbons (Fsp3) is 0.417. The summed E-state index contributed by atoms with van der Waals surface area (Å²) in [4.78, 5) is 11.6. The van der Waals surface area contributed by atoms with Gasteiger partial charge in [-0.2, -0.15) is 5.26 Å². The number of carbonyl (C=O) groups excluding carboxylic acids is 1. The second-order valence-electron chi connectivity index (χ2n) is 8.48. The van der Waals surface area contributed by atoms with E-state index < -0.39 is 5.41 Å². The van der Waals surface area contributed by atoms with Crippen LogP contribution in [0.15, 0.2) is 36.4 Å². The fourth-order valence-corrected chi connectivity index (χ4v) is 4.59. The van der Waals surface area contributed by atoms with Crippen molar-refractivity contribution < 1.29 is 23.7 Å². The van der Waals surface area contributed by atoms with Crippen molar-refractivity contribution in [1.82, 2.24) is 0 Å². The average molecular weight is 420 g/mol. The minimum atomic E-state index is -0.471. The molecule has 0 radical (unpaired) electrons. The predicted molar refractivity (Wildman–Crippen MR) is 111 cm³/mol. The van der Waals surface area contributed by atoms with Crippen LogP contribution in [-0.4, -0.2) is 19.5 Å². The molecule has 0 bridgehead atoms. The van der Waals surface area contributed by atoms with Gasteiger partial charge in [-0.05, 0) is 67.5 Å². The number of amides is 1. The van der Waals surface area contributed by atoms with Crippen LogP contribution in [0.1, 0.15) is 49.7 Å². The number of nitriles is 1. The number of hydrogen-bond acceptors (Lipinski definition) is 6. The quantitative estimate of drug-likeness (QED) is 0.812. The normalized spacial score (nSPS) is 20.4. The van der Waals surface area contributed by atoms with Crippen molar-refractivity contribution in [2.24, 2.45) is 5.73 Å². The van der Waals surface area contributed by atoms with Crippen LogP contribution in [0.3, 0.4) is 0 Å². The van der Waals surface area contributed by atoms with E-state index in [1.165, 1.54) is 0 Å². The molecule has 160 valence electrons. The lowest BCUT2D eigenvalue weighted by Crippen LogP contribution is -2.46. The van der Waals surface area contributed by atoms with Crippen molar-refractivity contribution in [1.29, 1.82) is 5.26 Å². The van der Waals surface area contributed by atoms with Gasteiger partial charge in [-0.1, -0.05) is 18.6 Å². The molecule has 2 aromatic carbocycles. The molecular formula is C24H24N2O5. The van der Waals surface area contributed by atoms with E-state index in [0.29, 0.717) is 12.5 Å². The molecule has 0 saturated heterocycles. The van der Waals surface area contributed by atoms with Crippen molar-refractivity contribution >= 4 is 5.91 Å². The Bertz CT molecular complexity index is 1070. The van der Waals surface area contributed by atoms with Gasteiger partial charge in [0, 0.05) is 0 Å². The Kier molecular flexibility index (Phi) is 4.66. The number of carbonyl (C=O) groups is 1. The highest BCUT2D eigenvalue weighted by molar-refractivity contribution is 5.88. The van der Waals surface area contributed by atoms with Crippen LogP contribution in [0, 0.1) is 11.3 Å². The summed E-state index contributed by atoms with van der Waals surface area (Å²) in [6, 6.07) is 13.9. The Hall–Kier alpha value is -3.40. The zero-order valence-corrected chi connectivity index (χ0v) is 17.2. The number of hydrogen-bond donors (Lipinski definition) is 1. The zero-order valence-electron chi connectivity index (χ0n) is 17.2. The first-order valence-electron chi connectivity index (χ1n) is 10.6. The third-order valence-corrected chi connectivity index (χ3v) is 6.95. The molecule has 4 aliphatic rings. The fourth-order valence-electron chi connectivity index (χ4n) is 4.59. The molecule has 0 spiro atoms. The molecule has 0 aromatic heterocycles. The van der Waals surface area contributed by atoms with Gasteiger partial charge in [0.05, 0.1) is 16.9 Å². The minimum Gasteiger partial charge on any atom is -0.454 e. The summed E-state index contributed by atoms with van der Waals surface area (Å²) < 4.78 is 21.1. The van der Waals surface area contributed by atoms with E-state index in [-0.39, 0.29) is 18.1 Å². The lowest BCUT2D eigenvalue weighted by molar-refractivity contribution is -0.126. The SMILES string of the molecule is N#CC1(c2ccc3c(c2)OCO3)CCC1.NC(=O)C1(c2ccc3c(c2)OCO3)CCC1. The molecule has 2 fully saturated rings. The van der Waals surface area contributed by atoms with E-state index in [9.17, 15) is 10.1 Å². The smallest absolute Gasteiger partial charge is 0.231 e. The Morgan fingerprint density at radius 2 is 1.32 bits per heavy atom. The molecule has 6 rings (SSSR count). The topological polar surface area (TPSA) is 104 Å². The summed E-state index contributed by atoms with van der Waals surface area (Å²) in [5.74, 6) is 2.77. The van der Waals surface area contributed by atoms with Crippen LogP contribution in [0.5, 0.6) is 23.0 Å². The molecule has 7 nitrogen and oxygen atoms in total. The van der Waals surface area contributed by atoms with Crippen LogP contribution >= 0.6 is 0 Å². The van der Waals surface area contributed by atoms with E-state index in [4.69, 9.17) is 24.7 Å². The van der Waals surface area contributed by atoms with E-state index in [1.807, 2.05) is 36.4 Å². The maximum absolute atomic E-state index is 11.6. The summed E-state index contributed by atoms with van der Waals surface area (Å²) in [7, 11) is 0. The minimum absolute atomic E-state index is 0.238. The molecule has 2 saturated carbocycles. The van der Waals surface area contributed by atoms with Gasteiger partial charge in [-0.15, -0.1) is 0 Å². The third kappa shape index (κ3) is 3.14. The van der Waals surface area contributed by atoms with Crippen LogP contribution in [-0.2, 0) is 15.6 Å². The second-order valence-corrected chi connectivity index (χ2v) is 8.48. The first kappa shape index (κ1) is 19.6. The second kappa shape index (κ2) is 7.38. The van der Waals surface area contributed by atoms with E-state index >= 15 is 0 Å². The van der Waals surface area contributed by atoms with Gasteiger partial charge in [0.2, 0.25) is 19.5 Å². The Labute approximate surface area is 180 Å². The Morgan fingerprint density at radius 3 is 1.77 bits per heavy atom. The zero-order chi connectivity index (χ0) is 21.5. The van der Waals surface area contributed by atoms with Crippen molar-refractivity contribution in [3.8, 4) is 29.1 Å². The Morgan fingerprint density at radius 1 is 0.806 bits per heavy atom. The van der Waals surface area contributed by atoms with Gasteiger partial charge in [0.1, 0.15) is 0 Å². The van der Waals surface area contributed by atoms with Crippen molar-refractivity contribution in [2.75, 3.05) is 13.6 Å². The molecular weight excluding hydrogens is 396 g/mol. The van der Waals surface area contributed by atoms with E-state index in [2.05, 4.69) is 6.07 Å². The first-order valence-corrected chi connectivity index (χ1v) is 10.6. The first-order chi connectivity index (χ1) is 15.1. The average Bonchev–Trinajstić information content (AvgIpc) is 3.35. The standard InChI is InChI=1S/C12H13NO3.C12H11NO2/c13-11(14)12(4-1-5-12)8-2-3-9-10(6-8)16-7-15-9;13-7-12(4-1-5-12)9-2-3-10-11(6-9)15-8-14-10/h2-3,6H,1,4-5,7H2,(H2,13,14);2-3,6H,1,4-5,8H2. The molecule has 0 unspecified atom stereocenters. The lowest BCUT2D eigenvalue weighted by Gasteiger charge is -2.39. The van der Waals surface area contributed by atoms with Gasteiger partial charge in [-0.25, -0.2) is 0 Å². The number of rotatable bonds is 3. The van der Waals surface area contributed by atoms with Crippen molar-refractivity contribution in [2.45, 2.75) is 49.4 Å². The summed E-state index contributed by atoms with van der Waals surface area (Å²) in [6.45, 7) is 0.542. The Balaban J connectivity index is 0.000000132. The number of fused-ring (bicyclic) bond motifs is 2. The summed E-state index contributed by atoms with van der Waals surface area (Å²) >= 11 is 0. The third-order valence-electron chi connectivity index (χ3n) is 6.95. The number of ether oxygens (including phenoxy) is 4. The van der Waals surface area contributed by atoms with Gasteiger partial charge < -0.3 is 24.7 Å². The molecule has 2 heterocycles. The van der Waals surface area contributed by atoms with Gasteiger partial charge in [-0.3, -0.25) is 4.79 Å². The van der Waals surface area contributed by atoms with Crippen LogP contribution in [0.2, 0.25) is 0 Å². The summed E-state index contributed by atoms with van der Waals surface area (Å²) in [6.07, 6.45) is 5.79. The highest BCUT2D eigenvalue weighted by Gasteiger charge is 2.44. The maximum atomic E-state index is 11.6. The molecule has 1 amide bonds. The predicted octanol–water partition coefficient (Wildman–Crippen LogP) is 3.68. The molecule has 7 heteroatoms. The van der Waals surface area contributed by atoms with Gasteiger partial charge >= 0.3 is 0 Å². The molecule has 2 N–H and O–H groups in total. The molecule has 2 aliphatic heterocycles. The van der Waals surface area contributed by atoms with Gasteiger partial charge in [0.15, 0.2) is 23.0 Å². The summed E-state index contributed by atoms with van der Waals surface area (Å²) in [5, 5.41) is 9.22. The van der Waals surface area contributed by atoms with Crippen LogP contribution < -0.4 is 24.7 Å². The number of primary amides is 1. The highest BCUT2D eigenvalue weighted by Crippen LogP contribution is 2.47. The summed E-state index contributed by atoms with van der Waals surface area (Å²) in [5.41, 5.74) is 6.79. The number of nitrogens with two attached hydrogens (primary N) is 1. The van der Waals surface area contributed by atoms with Gasteiger partial charge in [0.25, 0.3) is 0 Å². The van der Waals surface area contributed by atoms with E-state index in [0.717, 1.165) is 66.9 Å². The van der Waals surface area contributed by atoms with Crippen LogP contribution in [0.25, 0.3) is 0 Å². The monoisotopic (exact) mass is 420 g/mol.